The van der Waals surface area contributed by atoms with Gasteiger partial charge in [-0.05, 0) is 39.5 Å². The van der Waals surface area contributed by atoms with Gasteiger partial charge in [-0.3, -0.25) is 0 Å². The molecule has 3 N–H and O–H groups in total. The Morgan fingerprint density at radius 2 is 2.45 bits per heavy atom. The third kappa shape index (κ3) is 3.18. The second-order valence-corrected chi connectivity index (χ2v) is 3.34. The van der Waals surface area contributed by atoms with E-state index in [0.717, 1.165) is 26.1 Å². The molecule has 3 nitrogen and oxygen atoms in total. The van der Waals surface area contributed by atoms with E-state index < -0.39 is 0 Å². The molecule has 0 bridgehead atoms. The smallest absolute Gasteiger partial charge is 0.0206 e. The topological polar surface area (TPSA) is 41.3 Å². The Balaban J connectivity index is 2.27. The largest absolute Gasteiger partial charge is 0.330 e. The lowest BCUT2D eigenvalue weighted by Crippen LogP contribution is -2.37. The van der Waals surface area contributed by atoms with Gasteiger partial charge in [-0.15, -0.1) is 0 Å². The van der Waals surface area contributed by atoms with Crippen LogP contribution in [-0.2, 0) is 0 Å². The van der Waals surface area contributed by atoms with E-state index in [2.05, 4.69) is 17.3 Å². The number of rotatable bonds is 2. The predicted molar refractivity (Wildman–Crippen MR) is 47.6 cm³/mol. The van der Waals surface area contributed by atoms with Crippen LogP contribution < -0.4 is 11.1 Å². The van der Waals surface area contributed by atoms with Crippen molar-refractivity contribution in [3.63, 3.8) is 0 Å². The highest BCUT2D eigenvalue weighted by molar-refractivity contribution is 4.74. The Morgan fingerprint density at radius 1 is 1.64 bits per heavy atom. The Hall–Kier alpha value is -0.120. The first-order chi connectivity index (χ1) is 5.33. The molecule has 0 saturated carbocycles. The molecule has 11 heavy (non-hydrogen) atoms. The zero-order valence-corrected chi connectivity index (χ0v) is 7.34. The molecule has 66 valence electrons. The van der Waals surface area contributed by atoms with Crippen molar-refractivity contribution in [3.05, 3.63) is 0 Å². The lowest BCUT2D eigenvalue weighted by molar-refractivity contribution is 0.318. The van der Waals surface area contributed by atoms with Gasteiger partial charge in [0.1, 0.15) is 0 Å². The van der Waals surface area contributed by atoms with Gasteiger partial charge in [-0.1, -0.05) is 0 Å². The van der Waals surface area contributed by atoms with Crippen LogP contribution in [0.5, 0.6) is 0 Å². The van der Waals surface area contributed by atoms with E-state index in [4.69, 9.17) is 5.73 Å². The van der Waals surface area contributed by atoms with Gasteiger partial charge in [0.25, 0.3) is 0 Å². The third-order valence-corrected chi connectivity index (χ3v) is 2.20. The first kappa shape index (κ1) is 8.97. The Labute approximate surface area is 68.9 Å². The minimum atomic E-state index is 0.618. The van der Waals surface area contributed by atoms with Crippen molar-refractivity contribution in [3.8, 4) is 0 Å². The molecular formula is C8H19N3. The monoisotopic (exact) mass is 157 g/mol. The fourth-order valence-corrected chi connectivity index (χ4v) is 1.58. The second-order valence-electron chi connectivity index (χ2n) is 3.34. The molecule has 1 unspecified atom stereocenters. The molecule has 0 radical (unpaired) electrons. The summed E-state index contributed by atoms with van der Waals surface area (Å²) >= 11 is 0. The summed E-state index contributed by atoms with van der Waals surface area (Å²) in [5.41, 5.74) is 5.50. The van der Waals surface area contributed by atoms with Gasteiger partial charge in [-0.25, -0.2) is 0 Å². The number of nitrogens with two attached hydrogens (primary N) is 1. The van der Waals surface area contributed by atoms with E-state index >= 15 is 0 Å². The summed E-state index contributed by atoms with van der Waals surface area (Å²) in [6.07, 6.45) is 2.36. The van der Waals surface area contributed by atoms with Gasteiger partial charge in [0.2, 0.25) is 0 Å². The van der Waals surface area contributed by atoms with Crippen LogP contribution in [0.2, 0.25) is 0 Å². The summed E-state index contributed by atoms with van der Waals surface area (Å²) in [5.74, 6) is 0. The van der Waals surface area contributed by atoms with Crippen LogP contribution in [0, 0.1) is 0 Å². The van der Waals surface area contributed by atoms with E-state index in [9.17, 15) is 0 Å². The van der Waals surface area contributed by atoms with Crippen molar-refractivity contribution in [2.45, 2.75) is 18.9 Å². The van der Waals surface area contributed by atoms with Crippen molar-refractivity contribution in [1.82, 2.24) is 10.2 Å². The molecular weight excluding hydrogens is 138 g/mol. The molecule has 1 aliphatic heterocycles. The van der Waals surface area contributed by atoms with E-state index in [1.54, 1.807) is 0 Å². The number of likely N-dealkylation sites (N-methyl/N-ethyl adjacent to an activating group) is 1. The lowest BCUT2D eigenvalue weighted by Gasteiger charge is -2.19. The summed E-state index contributed by atoms with van der Waals surface area (Å²) in [6, 6.07) is 0.618. The number of nitrogens with zero attached hydrogens (tertiary/aromatic N) is 1. The van der Waals surface area contributed by atoms with Crippen LogP contribution in [0.4, 0.5) is 0 Å². The van der Waals surface area contributed by atoms with Crippen LogP contribution in [0.15, 0.2) is 0 Å². The number of nitrogens with one attached hydrogen (secondary N) is 1. The standard InChI is InChI=1S/C8H19N3/c1-11-6-2-5-10-8(7-11)3-4-9/h8,10H,2-7,9H2,1H3. The Bertz CT molecular complexity index is 106. The third-order valence-electron chi connectivity index (χ3n) is 2.20. The molecule has 0 amide bonds. The molecule has 1 rings (SSSR count). The molecule has 0 spiro atoms. The summed E-state index contributed by atoms with van der Waals surface area (Å²) < 4.78 is 0. The van der Waals surface area contributed by atoms with Gasteiger partial charge in [-0.2, -0.15) is 0 Å². The molecule has 1 atom stereocenters. The molecule has 1 aliphatic rings. The van der Waals surface area contributed by atoms with Gasteiger partial charge in [0.05, 0.1) is 0 Å². The molecule has 3 heteroatoms. The first-order valence-electron chi connectivity index (χ1n) is 4.45. The Morgan fingerprint density at radius 3 is 3.18 bits per heavy atom. The molecule has 1 saturated heterocycles. The average Bonchev–Trinajstić information content (AvgIpc) is 2.15. The SMILES string of the molecule is CN1CCCNC(CCN)C1. The van der Waals surface area contributed by atoms with Gasteiger partial charge < -0.3 is 16.0 Å². The summed E-state index contributed by atoms with van der Waals surface area (Å²) in [7, 11) is 2.18. The van der Waals surface area contributed by atoms with E-state index in [-0.39, 0.29) is 0 Å². The van der Waals surface area contributed by atoms with E-state index in [1.165, 1.54) is 13.0 Å². The Kier molecular flexibility index (Phi) is 3.83. The van der Waals surface area contributed by atoms with Crippen LogP contribution in [0.1, 0.15) is 12.8 Å². The van der Waals surface area contributed by atoms with Crippen LogP contribution >= 0.6 is 0 Å². The molecule has 1 fully saturated rings. The van der Waals surface area contributed by atoms with Crippen molar-refractivity contribution < 1.29 is 0 Å². The molecule has 0 aromatic rings. The van der Waals surface area contributed by atoms with Crippen LogP contribution in [-0.4, -0.2) is 44.2 Å². The van der Waals surface area contributed by atoms with Gasteiger partial charge >= 0.3 is 0 Å². The quantitative estimate of drug-likeness (QED) is 0.574. The van der Waals surface area contributed by atoms with Crippen LogP contribution in [0.3, 0.4) is 0 Å². The van der Waals surface area contributed by atoms with E-state index in [1.807, 2.05) is 0 Å². The molecule has 0 aromatic heterocycles. The molecule has 0 aromatic carbocycles. The summed E-state index contributed by atoms with van der Waals surface area (Å²) in [5, 5.41) is 3.49. The van der Waals surface area contributed by atoms with Crippen molar-refractivity contribution in [2.24, 2.45) is 5.73 Å². The average molecular weight is 157 g/mol. The zero-order chi connectivity index (χ0) is 8.10. The number of hydrogen-bond donors (Lipinski definition) is 2. The fourth-order valence-electron chi connectivity index (χ4n) is 1.58. The minimum absolute atomic E-state index is 0.618. The minimum Gasteiger partial charge on any atom is -0.330 e. The van der Waals surface area contributed by atoms with Crippen LogP contribution in [0.25, 0.3) is 0 Å². The summed E-state index contributed by atoms with van der Waals surface area (Å²) in [6.45, 7) is 4.31. The van der Waals surface area contributed by atoms with E-state index in [0.29, 0.717) is 6.04 Å². The van der Waals surface area contributed by atoms with Gasteiger partial charge in [0.15, 0.2) is 0 Å². The zero-order valence-electron chi connectivity index (χ0n) is 7.34. The molecule has 1 heterocycles. The van der Waals surface area contributed by atoms with Crippen molar-refractivity contribution >= 4 is 0 Å². The highest BCUT2D eigenvalue weighted by Crippen LogP contribution is 1.99. The van der Waals surface area contributed by atoms with Gasteiger partial charge in [0, 0.05) is 12.6 Å². The highest BCUT2D eigenvalue weighted by Gasteiger charge is 2.12. The maximum Gasteiger partial charge on any atom is 0.0206 e. The lowest BCUT2D eigenvalue weighted by atomic mass is 10.2. The first-order valence-corrected chi connectivity index (χ1v) is 4.45. The molecule has 0 aliphatic carbocycles. The normalized spacial score (nSPS) is 28.4. The maximum absolute atomic E-state index is 5.50. The highest BCUT2D eigenvalue weighted by atomic mass is 15.1. The van der Waals surface area contributed by atoms with Crippen molar-refractivity contribution in [1.29, 1.82) is 0 Å². The fraction of sp³-hybridized carbons (Fsp3) is 1.00. The summed E-state index contributed by atoms with van der Waals surface area (Å²) in [4.78, 5) is 2.38. The predicted octanol–water partition coefficient (Wildman–Crippen LogP) is -0.371. The van der Waals surface area contributed by atoms with Crippen molar-refractivity contribution in [2.75, 3.05) is 33.2 Å². The second kappa shape index (κ2) is 4.70. The maximum atomic E-state index is 5.50. The number of hydrogen-bond acceptors (Lipinski definition) is 3.